The fourth-order valence-corrected chi connectivity index (χ4v) is 3.64. The Morgan fingerprint density at radius 1 is 1.21 bits per heavy atom. The van der Waals surface area contributed by atoms with Gasteiger partial charge < -0.3 is 4.90 Å². The predicted molar refractivity (Wildman–Crippen MR) is 73.5 cm³/mol. The first-order valence-electron chi connectivity index (χ1n) is 6.57. The molecule has 0 spiro atoms. The van der Waals surface area contributed by atoms with Gasteiger partial charge in [-0.25, -0.2) is 8.42 Å². The van der Waals surface area contributed by atoms with Crippen molar-refractivity contribution in [3.05, 3.63) is 29.8 Å². The molecule has 1 aliphatic rings. The molecule has 0 unspecified atom stereocenters. The van der Waals surface area contributed by atoms with Crippen molar-refractivity contribution < 1.29 is 8.42 Å². The zero-order chi connectivity index (χ0) is 13.7. The first-order valence-corrected chi connectivity index (χ1v) is 8.22. The molecule has 0 aromatic heterocycles. The minimum Gasteiger partial charge on any atom is -0.302 e. The zero-order valence-electron chi connectivity index (χ0n) is 10.9. The van der Waals surface area contributed by atoms with Gasteiger partial charge in [-0.3, -0.25) is 0 Å². The second-order valence-corrected chi connectivity index (χ2v) is 6.97. The maximum atomic E-state index is 12.2. The van der Waals surface area contributed by atoms with E-state index < -0.39 is 9.84 Å². The molecule has 1 aromatic rings. The summed E-state index contributed by atoms with van der Waals surface area (Å²) in [5.41, 5.74) is 0.388. The Balaban J connectivity index is 2.03. The maximum absolute atomic E-state index is 12.2. The third-order valence-corrected chi connectivity index (χ3v) is 5.14. The van der Waals surface area contributed by atoms with Gasteiger partial charge in [0.1, 0.15) is 0 Å². The average molecular weight is 278 g/mol. The normalized spacial score (nSPS) is 17.0. The quantitative estimate of drug-likeness (QED) is 0.843. The summed E-state index contributed by atoms with van der Waals surface area (Å²) in [6.07, 6.45) is 3.56. The van der Waals surface area contributed by atoms with Crippen molar-refractivity contribution in [1.82, 2.24) is 4.90 Å². The number of sulfone groups is 1. The number of piperidine rings is 1. The molecule has 102 valence electrons. The van der Waals surface area contributed by atoms with Crippen LogP contribution in [0.2, 0.25) is 0 Å². The van der Waals surface area contributed by atoms with Gasteiger partial charge >= 0.3 is 0 Å². The lowest BCUT2D eigenvalue weighted by Gasteiger charge is -2.26. The fourth-order valence-electron chi connectivity index (χ4n) is 2.31. The molecular weight excluding hydrogens is 260 g/mol. The molecule has 1 aromatic carbocycles. The van der Waals surface area contributed by atoms with Crippen LogP contribution in [0.3, 0.4) is 0 Å². The van der Waals surface area contributed by atoms with E-state index in [0.717, 1.165) is 25.9 Å². The van der Waals surface area contributed by atoms with Crippen molar-refractivity contribution >= 4 is 9.84 Å². The van der Waals surface area contributed by atoms with Crippen molar-refractivity contribution in [2.75, 3.05) is 25.4 Å². The standard InChI is InChI=1S/C14H18N2O2S/c15-12-13-5-4-6-14(11-13)19(17,18)10-9-16-7-2-1-3-8-16/h4-6,11H,1-3,7-10H2. The Hall–Kier alpha value is -1.38. The third-order valence-electron chi connectivity index (χ3n) is 3.45. The van der Waals surface area contributed by atoms with Gasteiger partial charge in [0.25, 0.3) is 0 Å². The highest BCUT2D eigenvalue weighted by Crippen LogP contribution is 2.14. The largest absolute Gasteiger partial charge is 0.302 e. The van der Waals surface area contributed by atoms with E-state index in [4.69, 9.17) is 5.26 Å². The van der Waals surface area contributed by atoms with Crippen LogP contribution in [0, 0.1) is 11.3 Å². The summed E-state index contributed by atoms with van der Waals surface area (Å²) in [6, 6.07) is 8.21. The van der Waals surface area contributed by atoms with E-state index in [9.17, 15) is 8.42 Å². The summed E-state index contributed by atoms with van der Waals surface area (Å²) < 4.78 is 24.4. The van der Waals surface area contributed by atoms with E-state index in [1.807, 2.05) is 6.07 Å². The molecule has 0 atom stereocenters. The van der Waals surface area contributed by atoms with Gasteiger partial charge in [0.05, 0.1) is 22.3 Å². The van der Waals surface area contributed by atoms with E-state index in [-0.39, 0.29) is 10.6 Å². The molecule has 19 heavy (non-hydrogen) atoms. The van der Waals surface area contributed by atoms with Gasteiger partial charge in [-0.15, -0.1) is 0 Å². The van der Waals surface area contributed by atoms with Gasteiger partial charge in [-0.2, -0.15) is 5.26 Å². The highest BCUT2D eigenvalue weighted by molar-refractivity contribution is 7.91. The molecule has 0 saturated carbocycles. The van der Waals surface area contributed by atoms with E-state index in [1.54, 1.807) is 18.2 Å². The lowest BCUT2D eigenvalue weighted by atomic mass is 10.1. The molecule has 0 N–H and O–H groups in total. The second-order valence-electron chi connectivity index (χ2n) is 4.86. The molecule has 0 bridgehead atoms. The molecule has 1 saturated heterocycles. The van der Waals surface area contributed by atoms with Crippen molar-refractivity contribution in [1.29, 1.82) is 5.26 Å². The molecule has 4 nitrogen and oxygen atoms in total. The number of hydrogen-bond donors (Lipinski definition) is 0. The van der Waals surface area contributed by atoms with Gasteiger partial charge in [-0.05, 0) is 44.1 Å². The predicted octanol–water partition coefficient (Wildman–Crippen LogP) is 1.82. The Morgan fingerprint density at radius 2 is 1.95 bits per heavy atom. The Bertz CT molecular complexity index is 569. The van der Waals surface area contributed by atoms with Crippen LogP contribution in [0.1, 0.15) is 24.8 Å². The van der Waals surface area contributed by atoms with Gasteiger partial charge in [-0.1, -0.05) is 12.5 Å². The molecule has 2 rings (SSSR count). The molecule has 0 radical (unpaired) electrons. The summed E-state index contributed by atoms with van der Waals surface area (Å²) in [6.45, 7) is 2.57. The second kappa shape index (κ2) is 6.18. The number of benzene rings is 1. The highest BCUT2D eigenvalue weighted by Gasteiger charge is 2.18. The number of likely N-dealkylation sites (tertiary alicyclic amines) is 1. The van der Waals surface area contributed by atoms with Crippen LogP contribution in [0.5, 0.6) is 0 Å². The Labute approximate surface area is 114 Å². The van der Waals surface area contributed by atoms with Gasteiger partial charge in [0.15, 0.2) is 9.84 Å². The minimum atomic E-state index is -3.29. The summed E-state index contributed by atoms with van der Waals surface area (Å²) in [5.74, 6) is 0.127. The van der Waals surface area contributed by atoms with Crippen LogP contribution in [0.4, 0.5) is 0 Å². The molecule has 0 aliphatic carbocycles. The number of nitrogens with zero attached hydrogens (tertiary/aromatic N) is 2. The first-order chi connectivity index (χ1) is 9.12. The van der Waals surface area contributed by atoms with Gasteiger partial charge in [0.2, 0.25) is 0 Å². The SMILES string of the molecule is N#Cc1cccc(S(=O)(=O)CCN2CCCCC2)c1. The summed E-state index contributed by atoms with van der Waals surface area (Å²) in [4.78, 5) is 2.46. The van der Waals surface area contributed by atoms with Crippen LogP contribution in [0.15, 0.2) is 29.2 Å². The maximum Gasteiger partial charge on any atom is 0.179 e. The lowest BCUT2D eigenvalue weighted by Crippen LogP contribution is -2.33. The summed E-state index contributed by atoms with van der Waals surface area (Å²) in [7, 11) is -3.29. The van der Waals surface area contributed by atoms with E-state index in [1.165, 1.54) is 12.5 Å². The van der Waals surface area contributed by atoms with Crippen LogP contribution < -0.4 is 0 Å². The average Bonchev–Trinajstić information content (AvgIpc) is 2.46. The van der Waals surface area contributed by atoms with E-state index in [0.29, 0.717) is 12.1 Å². The van der Waals surface area contributed by atoms with Crippen LogP contribution in [-0.2, 0) is 9.84 Å². The molecule has 5 heteroatoms. The first kappa shape index (κ1) is 14.0. The third kappa shape index (κ3) is 3.79. The smallest absolute Gasteiger partial charge is 0.179 e. The van der Waals surface area contributed by atoms with E-state index in [2.05, 4.69) is 4.90 Å². The Kier molecular flexibility index (Phi) is 4.56. The number of rotatable bonds is 4. The number of nitriles is 1. The number of hydrogen-bond acceptors (Lipinski definition) is 4. The topological polar surface area (TPSA) is 61.2 Å². The lowest BCUT2D eigenvalue weighted by molar-refractivity contribution is 0.241. The van der Waals surface area contributed by atoms with Crippen LogP contribution in [-0.4, -0.2) is 38.7 Å². The summed E-state index contributed by atoms with van der Waals surface area (Å²) >= 11 is 0. The molecule has 1 aliphatic heterocycles. The molecule has 0 amide bonds. The molecule has 1 heterocycles. The van der Waals surface area contributed by atoms with Crippen LogP contribution in [0.25, 0.3) is 0 Å². The van der Waals surface area contributed by atoms with Crippen molar-refractivity contribution in [3.8, 4) is 6.07 Å². The van der Waals surface area contributed by atoms with Crippen molar-refractivity contribution in [2.24, 2.45) is 0 Å². The molecular formula is C14H18N2O2S. The fraction of sp³-hybridized carbons (Fsp3) is 0.500. The van der Waals surface area contributed by atoms with E-state index >= 15 is 0 Å². The zero-order valence-corrected chi connectivity index (χ0v) is 11.7. The minimum absolute atomic E-state index is 0.127. The highest BCUT2D eigenvalue weighted by atomic mass is 32.2. The Morgan fingerprint density at radius 3 is 2.63 bits per heavy atom. The van der Waals surface area contributed by atoms with Crippen LogP contribution >= 0.6 is 0 Å². The monoisotopic (exact) mass is 278 g/mol. The van der Waals surface area contributed by atoms with Gasteiger partial charge in [0, 0.05) is 6.54 Å². The van der Waals surface area contributed by atoms with Crippen molar-refractivity contribution in [2.45, 2.75) is 24.2 Å². The van der Waals surface area contributed by atoms with Crippen molar-refractivity contribution in [3.63, 3.8) is 0 Å². The summed E-state index contributed by atoms with van der Waals surface area (Å²) in [5, 5.41) is 8.81. The molecule has 1 fully saturated rings.